The molecular formula is C46H57N2O3+. The number of aryl methyl sites for hydroxylation is 1. The Morgan fingerprint density at radius 2 is 1.39 bits per heavy atom. The van der Waals surface area contributed by atoms with Crippen molar-refractivity contribution in [2.75, 3.05) is 26.4 Å². The zero-order valence-corrected chi connectivity index (χ0v) is 31.3. The molecule has 51 heavy (non-hydrogen) atoms. The lowest BCUT2D eigenvalue weighted by Gasteiger charge is -2.10. The van der Waals surface area contributed by atoms with E-state index in [9.17, 15) is 5.11 Å². The molecule has 5 nitrogen and oxygen atoms in total. The first-order valence-corrected chi connectivity index (χ1v) is 19.6. The SMILES string of the molecule is CCCCOc1ccc2c3c(cccc13)C(C=CC(=CC=c1c3cccc4c(OCCCC)ccc(c43)n1CCCC)CCCO)=[N+]2CCCC. The molecule has 5 aromatic rings. The highest BCUT2D eigenvalue weighted by Gasteiger charge is 2.31. The Kier molecular flexibility index (Phi) is 12.7. The number of hydrogen-bond acceptors (Lipinski definition) is 3. The van der Waals surface area contributed by atoms with Crippen molar-refractivity contribution in [3.8, 4) is 11.5 Å². The summed E-state index contributed by atoms with van der Waals surface area (Å²) in [4.78, 5) is 0. The maximum Gasteiger partial charge on any atom is 0.214 e. The topological polar surface area (TPSA) is 46.6 Å². The maximum atomic E-state index is 9.89. The molecule has 4 aromatic carbocycles. The van der Waals surface area contributed by atoms with E-state index in [0.29, 0.717) is 0 Å². The number of aliphatic hydroxyl groups is 1. The van der Waals surface area contributed by atoms with E-state index in [-0.39, 0.29) is 6.61 Å². The van der Waals surface area contributed by atoms with Crippen molar-refractivity contribution in [3.05, 3.63) is 95.4 Å². The third-order valence-corrected chi connectivity index (χ3v) is 10.2. The summed E-state index contributed by atoms with van der Waals surface area (Å²) < 4.78 is 17.6. The number of allylic oxidation sites excluding steroid dienone is 4. The van der Waals surface area contributed by atoms with E-state index in [2.05, 4.69) is 122 Å². The smallest absolute Gasteiger partial charge is 0.214 e. The summed E-state index contributed by atoms with van der Waals surface area (Å²) in [5.41, 5.74) is 6.22. The molecule has 6 rings (SSSR count). The highest BCUT2D eigenvalue weighted by atomic mass is 16.5. The van der Waals surface area contributed by atoms with Crippen LogP contribution in [0.3, 0.4) is 0 Å². The molecular weight excluding hydrogens is 629 g/mol. The molecule has 0 radical (unpaired) electrons. The van der Waals surface area contributed by atoms with Gasteiger partial charge in [-0.2, -0.15) is 4.58 Å². The van der Waals surface area contributed by atoms with Gasteiger partial charge in [-0.25, -0.2) is 0 Å². The summed E-state index contributed by atoms with van der Waals surface area (Å²) in [7, 11) is 0. The number of unbranched alkanes of at least 4 members (excludes halogenated alkanes) is 4. The molecule has 0 saturated carbocycles. The predicted octanol–water partition coefficient (Wildman–Crippen LogP) is 10.8. The van der Waals surface area contributed by atoms with Crippen LogP contribution in [-0.4, -0.2) is 46.3 Å². The first kappa shape index (κ1) is 36.4. The van der Waals surface area contributed by atoms with Crippen LogP contribution in [0.4, 0.5) is 5.69 Å². The van der Waals surface area contributed by atoms with Gasteiger partial charge in [0.15, 0.2) is 0 Å². The number of aliphatic hydroxyl groups excluding tert-OH is 1. The van der Waals surface area contributed by atoms with Gasteiger partial charge in [0.05, 0.1) is 24.2 Å². The molecule has 0 spiro atoms. The Bertz CT molecular complexity index is 2100. The minimum Gasteiger partial charge on any atom is -0.493 e. The van der Waals surface area contributed by atoms with Crippen molar-refractivity contribution in [2.24, 2.45) is 0 Å². The maximum absolute atomic E-state index is 9.89. The standard InChI is InChI=1S/C46H57N2O3/c1-5-9-29-47-39(35-17-13-19-37-43(50-32-11-7-3)27-25-41(47)45(35)37)23-21-34(16-15-31-49)22-24-40-36-18-14-20-38-44(51-33-12-8-4)28-26-42(46(36)38)48(40)30-10-6-2/h13-14,17-28,49H,5-12,15-16,29-33H2,1-4H3/q+1. The Hall–Kier alpha value is -4.35. The van der Waals surface area contributed by atoms with E-state index in [1.807, 2.05) is 0 Å². The molecule has 0 aliphatic carbocycles. The van der Waals surface area contributed by atoms with Crippen LogP contribution in [0.25, 0.3) is 38.5 Å². The zero-order valence-electron chi connectivity index (χ0n) is 31.3. The number of benzene rings is 4. The molecule has 1 aliphatic rings. The normalized spacial score (nSPS) is 13.7. The highest BCUT2D eigenvalue weighted by Crippen LogP contribution is 2.40. The average Bonchev–Trinajstić information content (AvgIpc) is 3.63. The van der Waals surface area contributed by atoms with Crippen LogP contribution in [0, 0.1) is 0 Å². The lowest BCUT2D eigenvalue weighted by atomic mass is 10.0. The molecule has 5 heteroatoms. The van der Waals surface area contributed by atoms with Crippen molar-refractivity contribution >= 4 is 49.9 Å². The van der Waals surface area contributed by atoms with Crippen molar-refractivity contribution < 1.29 is 19.2 Å². The monoisotopic (exact) mass is 685 g/mol. The molecule has 1 N–H and O–H groups in total. The van der Waals surface area contributed by atoms with Gasteiger partial charge >= 0.3 is 0 Å². The second kappa shape index (κ2) is 17.7. The van der Waals surface area contributed by atoms with Crippen molar-refractivity contribution in [1.82, 2.24) is 4.57 Å². The molecule has 0 unspecified atom stereocenters. The van der Waals surface area contributed by atoms with Crippen molar-refractivity contribution in [2.45, 2.75) is 98.4 Å². The Labute approximate surface area is 304 Å². The van der Waals surface area contributed by atoms with E-state index in [4.69, 9.17) is 9.47 Å². The lowest BCUT2D eigenvalue weighted by molar-refractivity contribution is -0.436. The van der Waals surface area contributed by atoms with Gasteiger partial charge in [-0.1, -0.05) is 95.9 Å². The largest absolute Gasteiger partial charge is 0.493 e. The van der Waals surface area contributed by atoms with Crippen LogP contribution < -0.4 is 14.8 Å². The fourth-order valence-electron chi connectivity index (χ4n) is 7.41. The third-order valence-electron chi connectivity index (χ3n) is 10.2. The molecule has 1 aliphatic heterocycles. The van der Waals surface area contributed by atoms with Crippen LogP contribution in [0.2, 0.25) is 0 Å². The summed E-state index contributed by atoms with van der Waals surface area (Å²) in [6.45, 7) is 12.5. The van der Waals surface area contributed by atoms with Crippen LogP contribution >= 0.6 is 0 Å². The van der Waals surface area contributed by atoms with Gasteiger partial charge in [0.2, 0.25) is 11.4 Å². The third kappa shape index (κ3) is 7.79. The van der Waals surface area contributed by atoms with Crippen LogP contribution in [0.15, 0.2) is 84.5 Å². The van der Waals surface area contributed by atoms with Gasteiger partial charge in [-0.3, -0.25) is 0 Å². The van der Waals surface area contributed by atoms with E-state index in [1.165, 1.54) is 60.3 Å². The molecule has 0 fully saturated rings. The van der Waals surface area contributed by atoms with Crippen molar-refractivity contribution in [1.29, 1.82) is 0 Å². The Morgan fingerprint density at radius 3 is 2.10 bits per heavy atom. The Morgan fingerprint density at radius 1 is 0.725 bits per heavy atom. The van der Waals surface area contributed by atoms with Crippen molar-refractivity contribution in [3.63, 3.8) is 0 Å². The first-order chi connectivity index (χ1) is 25.1. The van der Waals surface area contributed by atoms with Gasteiger partial charge in [-0.05, 0) is 68.0 Å². The number of rotatable bonds is 20. The summed E-state index contributed by atoms with van der Waals surface area (Å²) in [5, 5.41) is 17.3. The number of ether oxygens (including phenoxy) is 2. The molecule has 0 bridgehead atoms. The zero-order chi connectivity index (χ0) is 35.6. The fourth-order valence-corrected chi connectivity index (χ4v) is 7.41. The molecule has 268 valence electrons. The number of aromatic nitrogens is 1. The summed E-state index contributed by atoms with van der Waals surface area (Å²) >= 11 is 0. The van der Waals surface area contributed by atoms with Gasteiger partial charge < -0.3 is 19.1 Å². The van der Waals surface area contributed by atoms with E-state index in [0.717, 1.165) is 102 Å². The number of hydrogen-bond donors (Lipinski definition) is 1. The molecule has 0 amide bonds. The first-order valence-electron chi connectivity index (χ1n) is 19.6. The number of nitrogens with zero attached hydrogens (tertiary/aromatic N) is 2. The predicted molar refractivity (Wildman–Crippen MR) is 216 cm³/mol. The minimum absolute atomic E-state index is 0.167. The van der Waals surface area contributed by atoms with E-state index in [1.54, 1.807) is 0 Å². The summed E-state index contributed by atoms with van der Waals surface area (Å²) in [5.74, 6) is 1.94. The lowest BCUT2D eigenvalue weighted by Crippen LogP contribution is -2.16. The second-order valence-corrected chi connectivity index (χ2v) is 13.9. The summed E-state index contributed by atoms with van der Waals surface area (Å²) in [6.07, 6.45) is 19.5. The van der Waals surface area contributed by atoms with Crippen LogP contribution in [0.1, 0.15) is 97.5 Å². The van der Waals surface area contributed by atoms with E-state index < -0.39 is 0 Å². The highest BCUT2D eigenvalue weighted by molar-refractivity contribution is 6.20. The fraction of sp³-hybridized carbons (Fsp3) is 0.413. The molecule has 2 heterocycles. The van der Waals surface area contributed by atoms with Gasteiger partial charge in [0.25, 0.3) is 0 Å². The summed E-state index contributed by atoms with van der Waals surface area (Å²) in [6, 6.07) is 22.1. The van der Waals surface area contributed by atoms with Gasteiger partial charge in [0, 0.05) is 64.1 Å². The molecule has 1 aromatic heterocycles. The minimum atomic E-state index is 0.167. The molecule has 0 saturated heterocycles. The average molecular weight is 686 g/mol. The van der Waals surface area contributed by atoms with Crippen LogP contribution in [-0.2, 0) is 6.54 Å². The van der Waals surface area contributed by atoms with E-state index >= 15 is 0 Å². The Balaban J connectivity index is 1.44. The molecule has 0 atom stereocenters. The second-order valence-electron chi connectivity index (χ2n) is 13.9. The van der Waals surface area contributed by atoms with Gasteiger partial charge in [-0.15, -0.1) is 0 Å². The van der Waals surface area contributed by atoms with Gasteiger partial charge in [0.1, 0.15) is 18.0 Å². The van der Waals surface area contributed by atoms with Crippen LogP contribution in [0.5, 0.6) is 11.5 Å². The quantitative estimate of drug-likeness (QED) is 0.0504.